The highest BCUT2D eigenvalue weighted by atomic mass is 16.5. The molecule has 30 heavy (non-hydrogen) atoms. The molecule has 2 aromatic heterocycles. The highest BCUT2D eigenvalue weighted by Crippen LogP contribution is 2.46. The minimum Gasteiger partial charge on any atom is -0.496 e. The van der Waals surface area contributed by atoms with Gasteiger partial charge < -0.3 is 24.3 Å². The predicted molar refractivity (Wildman–Crippen MR) is 112 cm³/mol. The van der Waals surface area contributed by atoms with Crippen molar-refractivity contribution in [1.29, 1.82) is 0 Å². The minimum absolute atomic E-state index is 0.203. The number of para-hydroxylation sites is 2. The van der Waals surface area contributed by atoms with Crippen LogP contribution in [0.1, 0.15) is 25.5 Å². The number of rotatable bonds is 1. The molecule has 8 nitrogen and oxygen atoms in total. The summed E-state index contributed by atoms with van der Waals surface area (Å²) < 4.78 is 13.2. The van der Waals surface area contributed by atoms with Crippen LogP contribution in [-0.2, 0) is 7.05 Å². The van der Waals surface area contributed by atoms with Crippen LogP contribution in [0.4, 0.5) is 0 Å². The summed E-state index contributed by atoms with van der Waals surface area (Å²) in [5.74, 6) is 0.658. The van der Waals surface area contributed by atoms with Crippen LogP contribution in [0.15, 0.2) is 35.1 Å². The van der Waals surface area contributed by atoms with E-state index in [2.05, 4.69) is 9.97 Å². The fourth-order valence-corrected chi connectivity index (χ4v) is 4.22. The lowest BCUT2D eigenvalue weighted by Gasteiger charge is -2.40. The lowest BCUT2D eigenvalue weighted by atomic mass is 9.87. The summed E-state index contributed by atoms with van der Waals surface area (Å²) in [4.78, 5) is 22.7. The molecule has 0 spiro atoms. The van der Waals surface area contributed by atoms with Crippen molar-refractivity contribution in [2.75, 3.05) is 7.11 Å². The second kappa shape index (κ2) is 6.13. The SMILES string of the molecule is COc1cc2c(c3c1c(=O)c1nc4ccccc4nc1n3C)C(O)C(O)C(C)(C)O2. The largest absolute Gasteiger partial charge is 0.496 e. The Morgan fingerprint density at radius 1 is 1.17 bits per heavy atom. The van der Waals surface area contributed by atoms with Crippen LogP contribution in [0.3, 0.4) is 0 Å². The van der Waals surface area contributed by atoms with E-state index >= 15 is 0 Å². The molecule has 1 aliphatic rings. The average Bonchev–Trinajstić information content (AvgIpc) is 2.73. The Bertz CT molecular complexity index is 1410. The minimum atomic E-state index is -1.26. The third kappa shape index (κ3) is 2.37. The number of ether oxygens (including phenoxy) is 2. The number of aliphatic hydroxyl groups is 2. The Kier molecular flexibility index (Phi) is 3.84. The molecule has 2 unspecified atom stereocenters. The van der Waals surface area contributed by atoms with Gasteiger partial charge in [-0.05, 0) is 26.0 Å². The van der Waals surface area contributed by atoms with Crippen LogP contribution in [0.25, 0.3) is 33.1 Å². The molecule has 2 atom stereocenters. The van der Waals surface area contributed by atoms with E-state index in [0.717, 1.165) is 0 Å². The third-order valence-corrected chi connectivity index (χ3v) is 5.81. The summed E-state index contributed by atoms with van der Waals surface area (Å²) in [5.41, 5.74) is 1.18. The van der Waals surface area contributed by atoms with Gasteiger partial charge in [-0.3, -0.25) is 4.79 Å². The molecule has 5 rings (SSSR count). The molecule has 0 saturated carbocycles. The van der Waals surface area contributed by atoms with Gasteiger partial charge in [0.1, 0.15) is 29.3 Å². The molecule has 0 radical (unpaired) electrons. The summed E-state index contributed by atoms with van der Waals surface area (Å²) in [5, 5.41) is 21.9. The van der Waals surface area contributed by atoms with E-state index < -0.39 is 17.8 Å². The summed E-state index contributed by atoms with van der Waals surface area (Å²) in [7, 11) is 3.21. The fraction of sp³-hybridized carbons (Fsp3) is 0.318. The van der Waals surface area contributed by atoms with E-state index in [-0.39, 0.29) is 16.3 Å². The maximum atomic E-state index is 13.5. The van der Waals surface area contributed by atoms with Crippen molar-refractivity contribution >= 4 is 33.1 Å². The Morgan fingerprint density at radius 2 is 1.83 bits per heavy atom. The molecule has 8 heteroatoms. The topological polar surface area (TPSA) is 107 Å². The number of methoxy groups -OCH3 is 1. The van der Waals surface area contributed by atoms with Gasteiger partial charge in [0, 0.05) is 13.1 Å². The molecular weight excluding hydrogens is 386 g/mol. The number of nitrogens with zero attached hydrogens (tertiary/aromatic N) is 3. The molecule has 0 aliphatic carbocycles. The number of aromatic nitrogens is 3. The molecule has 2 N–H and O–H groups in total. The Morgan fingerprint density at radius 3 is 2.50 bits per heavy atom. The third-order valence-electron chi connectivity index (χ3n) is 5.81. The standard InChI is InChI=1S/C22H21N3O5/c1-22(2)20(28)19(27)15-13(30-22)9-12(29-4)14-17(15)25(3)21-16(18(14)26)23-10-7-5-6-8-11(10)24-21/h5-9,19-20,27-28H,1-4H3. The average molecular weight is 407 g/mol. The number of pyridine rings is 1. The highest BCUT2D eigenvalue weighted by Gasteiger charge is 2.44. The molecule has 3 heterocycles. The molecule has 4 aromatic rings. The van der Waals surface area contributed by atoms with E-state index in [1.165, 1.54) is 7.11 Å². The van der Waals surface area contributed by atoms with Gasteiger partial charge in [-0.2, -0.15) is 0 Å². The van der Waals surface area contributed by atoms with Gasteiger partial charge >= 0.3 is 0 Å². The van der Waals surface area contributed by atoms with Crippen molar-refractivity contribution in [3.63, 3.8) is 0 Å². The van der Waals surface area contributed by atoms with Crippen LogP contribution < -0.4 is 14.9 Å². The molecule has 2 aromatic carbocycles. The van der Waals surface area contributed by atoms with Crippen molar-refractivity contribution in [1.82, 2.24) is 14.5 Å². The maximum absolute atomic E-state index is 13.5. The molecule has 154 valence electrons. The first-order valence-corrected chi connectivity index (χ1v) is 9.60. The van der Waals surface area contributed by atoms with Crippen LogP contribution in [0.2, 0.25) is 0 Å². The van der Waals surface area contributed by atoms with Crippen LogP contribution in [0, 0.1) is 0 Å². The monoisotopic (exact) mass is 407 g/mol. The Hall–Kier alpha value is -3.23. The number of aliphatic hydroxyl groups excluding tert-OH is 2. The Labute approximate surface area is 171 Å². The van der Waals surface area contributed by atoms with Gasteiger partial charge in [0.05, 0.1) is 34.6 Å². The molecule has 0 amide bonds. The van der Waals surface area contributed by atoms with Gasteiger partial charge in [-0.15, -0.1) is 0 Å². The smallest absolute Gasteiger partial charge is 0.221 e. The lowest BCUT2D eigenvalue weighted by Crippen LogP contribution is -2.49. The summed E-state index contributed by atoms with van der Waals surface area (Å²) in [6.07, 6.45) is -2.44. The van der Waals surface area contributed by atoms with Crippen LogP contribution in [0.5, 0.6) is 11.5 Å². The van der Waals surface area contributed by atoms with Gasteiger partial charge in [0.2, 0.25) is 5.43 Å². The second-order valence-corrected chi connectivity index (χ2v) is 8.08. The molecule has 0 bridgehead atoms. The fourth-order valence-electron chi connectivity index (χ4n) is 4.22. The zero-order chi connectivity index (χ0) is 21.4. The van der Waals surface area contributed by atoms with Crippen LogP contribution in [-0.4, -0.2) is 43.6 Å². The zero-order valence-electron chi connectivity index (χ0n) is 17.0. The maximum Gasteiger partial charge on any atom is 0.221 e. The summed E-state index contributed by atoms with van der Waals surface area (Å²) in [6.45, 7) is 3.38. The van der Waals surface area contributed by atoms with Crippen molar-refractivity contribution in [3.8, 4) is 11.5 Å². The number of hydrogen-bond donors (Lipinski definition) is 2. The normalized spacial score (nSPS) is 20.3. The van der Waals surface area contributed by atoms with Crippen molar-refractivity contribution in [2.45, 2.75) is 31.7 Å². The summed E-state index contributed by atoms with van der Waals surface area (Å²) >= 11 is 0. The van der Waals surface area contributed by atoms with E-state index in [0.29, 0.717) is 39.3 Å². The molecule has 1 aliphatic heterocycles. The van der Waals surface area contributed by atoms with E-state index in [9.17, 15) is 15.0 Å². The van der Waals surface area contributed by atoms with Gasteiger partial charge in [-0.1, -0.05) is 12.1 Å². The Balaban J connectivity index is 2.01. The highest BCUT2D eigenvalue weighted by molar-refractivity contribution is 5.99. The van der Waals surface area contributed by atoms with Crippen molar-refractivity contribution in [2.24, 2.45) is 7.05 Å². The number of fused-ring (bicyclic) bond motifs is 5. The molecule has 0 saturated heterocycles. The first kappa shape index (κ1) is 18.8. The number of hydrogen-bond acceptors (Lipinski definition) is 7. The number of aryl methyl sites for hydroxylation is 1. The molecular formula is C22H21N3O5. The van der Waals surface area contributed by atoms with E-state index in [1.807, 2.05) is 18.2 Å². The molecule has 0 fully saturated rings. The lowest BCUT2D eigenvalue weighted by molar-refractivity contribution is -0.111. The second-order valence-electron chi connectivity index (χ2n) is 8.08. The van der Waals surface area contributed by atoms with Crippen molar-refractivity contribution < 1.29 is 19.7 Å². The zero-order valence-corrected chi connectivity index (χ0v) is 17.0. The first-order valence-electron chi connectivity index (χ1n) is 9.60. The number of benzene rings is 2. The predicted octanol–water partition coefficient (Wildman–Crippen LogP) is 2.21. The van der Waals surface area contributed by atoms with E-state index in [1.54, 1.807) is 37.6 Å². The quantitative estimate of drug-likeness (QED) is 0.466. The van der Waals surface area contributed by atoms with Gasteiger partial charge in [-0.25, -0.2) is 9.97 Å². The first-order chi connectivity index (χ1) is 14.2. The van der Waals surface area contributed by atoms with Crippen molar-refractivity contribution in [3.05, 3.63) is 46.1 Å². The summed E-state index contributed by atoms with van der Waals surface area (Å²) in [6, 6.07) is 8.88. The van der Waals surface area contributed by atoms with Gasteiger partial charge in [0.15, 0.2) is 11.2 Å². The van der Waals surface area contributed by atoms with E-state index in [4.69, 9.17) is 9.47 Å². The van der Waals surface area contributed by atoms with Crippen LogP contribution >= 0.6 is 0 Å². The van der Waals surface area contributed by atoms with Gasteiger partial charge in [0.25, 0.3) is 0 Å².